The summed E-state index contributed by atoms with van der Waals surface area (Å²) in [4.78, 5) is 28.5. The Bertz CT molecular complexity index is 957. The molecular weight excluding hydrogens is 386 g/mol. The van der Waals surface area contributed by atoms with Crippen LogP contribution in [0.2, 0.25) is 0 Å². The first-order chi connectivity index (χ1) is 14.1. The molecule has 0 aromatic carbocycles. The second kappa shape index (κ2) is 4.87. The van der Waals surface area contributed by atoms with Crippen molar-refractivity contribution in [2.75, 3.05) is 20.6 Å². The molecular formula is C23H29NO6. The van der Waals surface area contributed by atoms with Gasteiger partial charge in [-0.15, -0.1) is 0 Å². The summed E-state index contributed by atoms with van der Waals surface area (Å²) in [5.41, 5.74) is -0.503. The number of Topliss-reactive ketones (excluding diaryl/α,β-unsaturated/α-hetero) is 1. The molecule has 0 bridgehead atoms. The standard InChI is InChI=1S/C23H29NO6/c1-10(2)21-16(29-21)17-23(30-17)20(3)7-6-11-15(13(9-24(4)5)27-18(11)25)12(20)8-14-22(23,28-14)19(21)26/h10,12-14,16-17H,6-9H2,1-5H3/t12-,13-,14-,16-,17-,20-,21-,22+,23+/m0/s1. The first kappa shape index (κ1) is 18.3. The molecule has 7 nitrogen and oxygen atoms in total. The molecule has 0 amide bonds. The zero-order chi connectivity index (χ0) is 21.0. The molecule has 0 N–H and O–H groups in total. The van der Waals surface area contributed by atoms with E-state index in [9.17, 15) is 9.59 Å². The van der Waals surface area contributed by atoms with Crippen LogP contribution in [0.15, 0.2) is 11.1 Å². The summed E-state index contributed by atoms with van der Waals surface area (Å²) < 4.78 is 24.8. The summed E-state index contributed by atoms with van der Waals surface area (Å²) in [7, 11) is 4.00. The minimum atomic E-state index is -0.862. The van der Waals surface area contributed by atoms with Crippen LogP contribution in [-0.2, 0) is 28.5 Å². The molecule has 3 aliphatic carbocycles. The predicted molar refractivity (Wildman–Crippen MR) is 104 cm³/mol. The van der Waals surface area contributed by atoms with Gasteiger partial charge in [0.25, 0.3) is 0 Å². The molecule has 0 aromatic rings. The monoisotopic (exact) mass is 415 g/mol. The Balaban J connectivity index is 1.34. The van der Waals surface area contributed by atoms with Crippen molar-refractivity contribution in [1.82, 2.24) is 4.90 Å². The van der Waals surface area contributed by atoms with Crippen molar-refractivity contribution >= 4 is 11.8 Å². The van der Waals surface area contributed by atoms with Gasteiger partial charge in [-0.3, -0.25) is 4.79 Å². The Morgan fingerprint density at radius 1 is 1.13 bits per heavy atom. The molecule has 162 valence electrons. The Morgan fingerprint density at radius 2 is 1.90 bits per heavy atom. The number of carbonyl (C=O) groups excluding carboxylic acids is 2. The van der Waals surface area contributed by atoms with Crippen molar-refractivity contribution < 1.29 is 28.5 Å². The summed E-state index contributed by atoms with van der Waals surface area (Å²) in [6.07, 6.45) is 1.60. The van der Waals surface area contributed by atoms with Gasteiger partial charge in [-0.25, -0.2) is 4.79 Å². The van der Waals surface area contributed by atoms with E-state index in [0.29, 0.717) is 13.0 Å². The number of hydrogen-bond acceptors (Lipinski definition) is 7. The van der Waals surface area contributed by atoms with Crippen LogP contribution >= 0.6 is 0 Å². The first-order valence-electron chi connectivity index (χ1n) is 11.3. The predicted octanol–water partition coefficient (Wildman–Crippen LogP) is 1.24. The lowest BCUT2D eigenvalue weighted by Crippen LogP contribution is -2.67. The highest BCUT2D eigenvalue weighted by atomic mass is 16.7. The van der Waals surface area contributed by atoms with Gasteiger partial charge in [-0.1, -0.05) is 20.8 Å². The van der Waals surface area contributed by atoms with Gasteiger partial charge >= 0.3 is 5.97 Å². The molecule has 4 heterocycles. The molecule has 7 heteroatoms. The van der Waals surface area contributed by atoms with Crippen LogP contribution in [0.25, 0.3) is 0 Å². The van der Waals surface area contributed by atoms with Crippen molar-refractivity contribution in [2.45, 2.75) is 81.3 Å². The van der Waals surface area contributed by atoms with E-state index in [0.717, 1.165) is 24.0 Å². The van der Waals surface area contributed by atoms with Crippen molar-refractivity contribution in [3.05, 3.63) is 11.1 Å². The molecule has 4 aliphatic heterocycles. The van der Waals surface area contributed by atoms with Crippen molar-refractivity contribution in [1.29, 1.82) is 0 Å². The number of rotatable bonds is 3. The maximum atomic E-state index is 13.8. The Kier molecular flexibility index (Phi) is 2.97. The number of carbonyl (C=O) groups is 2. The van der Waals surface area contributed by atoms with E-state index in [-0.39, 0.29) is 53.4 Å². The highest BCUT2D eigenvalue weighted by molar-refractivity contribution is 6.05. The number of ketones is 1. The number of epoxide rings is 3. The molecule has 7 aliphatic rings. The van der Waals surface area contributed by atoms with Crippen molar-refractivity contribution in [2.24, 2.45) is 17.3 Å². The van der Waals surface area contributed by atoms with Gasteiger partial charge in [0.2, 0.25) is 5.78 Å². The molecule has 2 spiro atoms. The molecule has 5 fully saturated rings. The fourth-order valence-corrected chi connectivity index (χ4v) is 8.06. The largest absolute Gasteiger partial charge is 0.453 e. The van der Waals surface area contributed by atoms with Gasteiger partial charge < -0.3 is 23.8 Å². The maximum Gasteiger partial charge on any atom is 0.334 e. The minimum Gasteiger partial charge on any atom is -0.453 e. The maximum absolute atomic E-state index is 13.8. The first-order valence-corrected chi connectivity index (χ1v) is 11.3. The van der Waals surface area contributed by atoms with Crippen LogP contribution < -0.4 is 0 Å². The molecule has 30 heavy (non-hydrogen) atoms. The summed E-state index contributed by atoms with van der Waals surface area (Å²) >= 11 is 0. The normalized spacial score (nSPS) is 56.6. The summed E-state index contributed by atoms with van der Waals surface area (Å²) in [5.74, 6) is 0.174. The fourth-order valence-electron chi connectivity index (χ4n) is 8.06. The zero-order valence-electron chi connectivity index (χ0n) is 18.2. The van der Waals surface area contributed by atoms with Crippen LogP contribution in [0.3, 0.4) is 0 Å². The number of likely N-dealkylation sites (N-methyl/N-ethyl adjacent to an activating group) is 1. The van der Waals surface area contributed by atoms with Gasteiger partial charge in [-0.2, -0.15) is 0 Å². The quantitative estimate of drug-likeness (QED) is 0.507. The Labute approximate surface area is 176 Å². The van der Waals surface area contributed by atoms with Gasteiger partial charge in [0.05, 0.1) is 6.10 Å². The number of nitrogens with zero attached hydrogens (tertiary/aromatic N) is 1. The topological polar surface area (TPSA) is 84.2 Å². The van der Waals surface area contributed by atoms with Crippen LogP contribution in [0, 0.1) is 17.3 Å². The number of esters is 1. The van der Waals surface area contributed by atoms with Gasteiger partial charge in [0, 0.05) is 17.5 Å². The summed E-state index contributed by atoms with van der Waals surface area (Å²) in [6.45, 7) is 7.04. The third-order valence-electron chi connectivity index (χ3n) is 9.50. The third-order valence-corrected chi connectivity index (χ3v) is 9.50. The smallest absolute Gasteiger partial charge is 0.334 e. The molecule has 2 saturated carbocycles. The lowest BCUT2D eigenvalue weighted by molar-refractivity contribution is -0.140. The molecule has 7 rings (SSSR count). The number of hydrogen-bond donors (Lipinski definition) is 0. The third kappa shape index (κ3) is 1.58. The second-order valence-corrected chi connectivity index (χ2v) is 11.2. The minimum absolute atomic E-state index is 0.0946. The average molecular weight is 415 g/mol. The second-order valence-electron chi connectivity index (χ2n) is 11.2. The molecule has 9 atom stereocenters. The molecule has 0 radical (unpaired) electrons. The van der Waals surface area contributed by atoms with E-state index in [2.05, 4.69) is 25.7 Å². The number of fused-ring (bicyclic) bond motifs is 4. The van der Waals surface area contributed by atoms with Crippen molar-refractivity contribution in [3.8, 4) is 0 Å². The molecule has 0 unspecified atom stereocenters. The summed E-state index contributed by atoms with van der Waals surface area (Å²) in [5, 5.41) is 0. The van der Waals surface area contributed by atoms with Crippen LogP contribution in [0.4, 0.5) is 0 Å². The van der Waals surface area contributed by atoms with Crippen molar-refractivity contribution in [3.63, 3.8) is 0 Å². The lowest BCUT2D eigenvalue weighted by Gasteiger charge is -2.52. The zero-order valence-corrected chi connectivity index (χ0v) is 18.2. The Hall–Kier alpha value is -1.28. The van der Waals surface area contributed by atoms with E-state index in [1.165, 1.54) is 0 Å². The Morgan fingerprint density at radius 3 is 2.60 bits per heavy atom. The van der Waals surface area contributed by atoms with E-state index >= 15 is 0 Å². The average Bonchev–Trinajstić information content (AvgIpc) is 3.54. The lowest BCUT2D eigenvalue weighted by atomic mass is 9.46. The fraction of sp³-hybridized carbons (Fsp3) is 0.826. The van der Waals surface area contributed by atoms with E-state index in [1.54, 1.807) is 0 Å². The highest BCUT2D eigenvalue weighted by Crippen LogP contribution is 2.82. The SMILES string of the molecule is CC(C)[C@]12O[C@H]1[C@@H]1O[C@@]13[C@@]1(C)CCC4=C([C@H](CN(C)C)OC4=O)[C@@H]1C[C@@H]1O[C@@]13C2=O. The van der Waals surface area contributed by atoms with E-state index in [4.69, 9.17) is 18.9 Å². The highest BCUT2D eigenvalue weighted by Gasteiger charge is 3.01. The number of ether oxygens (including phenoxy) is 4. The number of cyclic esters (lactones) is 1. The van der Waals surface area contributed by atoms with Gasteiger partial charge in [0.1, 0.15) is 23.9 Å². The van der Waals surface area contributed by atoms with E-state index in [1.807, 2.05) is 14.1 Å². The van der Waals surface area contributed by atoms with Gasteiger partial charge in [0.15, 0.2) is 11.2 Å². The van der Waals surface area contributed by atoms with Crippen LogP contribution in [-0.4, -0.2) is 78.5 Å². The summed E-state index contributed by atoms with van der Waals surface area (Å²) in [6, 6.07) is 0. The molecule has 3 saturated heterocycles. The van der Waals surface area contributed by atoms with Gasteiger partial charge in [-0.05, 0) is 50.8 Å². The van der Waals surface area contributed by atoms with E-state index < -0.39 is 16.8 Å². The molecule has 0 aromatic heterocycles. The van der Waals surface area contributed by atoms with Crippen LogP contribution in [0.1, 0.15) is 40.0 Å². The van der Waals surface area contributed by atoms with Crippen LogP contribution in [0.5, 0.6) is 0 Å².